The minimum Gasteiger partial charge on any atom is -0.497 e. The van der Waals surface area contributed by atoms with Crippen LogP contribution in [0.3, 0.4) is 0 Å². The standard InChI is InChI=1S/C15H20N2O4/c1-21-13-5-3-12(4-6-13)15(20)17-8-2-7-16(9-10-17)11-14(18)19/h3-6H,2,7-11H2,1H3,(H,18,19). The van der Waals surface area contributed by atoms with Crippen LogP contribution in [0.4, 0.5) is 0 Å². The molecular formula is C15H20N2O4. The maximum atomic E-state index is 12.4. The summed E-state index contributed by atoms with van der Waals surface area (Å²) >= 11 is 0. The van der Waals surface area contributed by atoms with Gasteiger partial charge in [-0.25, -0.2) is 0 Å². The maximum Gasteiger partial charge on any atom is 0.317 e. The highest BCUT2D eigenvalue weighted by molar-refractivity contribution is 5.94. The highest BCUT2D eigenvalue weighted by Crippen LogP contribution is 2.14. The molecule has 1 fully saturated rings. The van der Waals surface area contributed by atoms with Crippen LogP contribution in [-0.2, 0) is 4.79 Å². The van der Waals surface area contributed by atoms with Gasteiger partial charge in [-0.2, -0.15) is 0 Å². The first-order valence-corrected chi connectivity index (χ1v) is 6.97. The summed E-state index contributed by atoms with van der Waals surface area (Å²) in [5.74, 6) is -0.130. The van der Waals surface area contributed by atoms with E-state index in [1.54, 1.807) is 36.3 Å². The predicted molar refractivity (Wildman–Crippen MR) is 77.6 cm³/mol. The van der Waals surface area contributed by atoms with Crippen LogP contribution in [-0.4, -0.2) is 66.6 Å². The van der Waals surface area contributed by atoms with Crippen LogP contribution < -0.4 is 4.74 Å². The number of aliphatic carboxylic acids is 1. The fourth-order valence-electron chi connectivity index (χ4n) is 2.44. The first-order valence-electron chi connectivity index (χ1n) is 6.97. The Balaban J connectivity index is 1.97. The molecule has 21 heavy (non-hydrogen) atoms. The SMILES string of the molecule is COc1ccc(C(=O)N2CCCN(CC(=O)O)CC2)cc1. The highest BCUT2D eigenvalue weighted by Gasteiger charge is 2.21. The Morgan fingerprint density at radius 2 is 1.86 bits per heavy atom. The number of benzene rings is 1. The summed E-state index contributed by atoms with van der Waals surface area (Å²) in [7, 11) is 1.59. The molecule has 1 aromatic carbocycles. The van der Waals surface area contributed by atoms with Gasteiger partial charge in [0.15, 0.2) is 0 Å². The van der Waals surface area contributed by atoms with Gasteiger partial charge in [-0.05, 0) is 30.7 Å². The van der Waals surface area contributed by atoms with Gasteiger partial charge in [-0.15, -0.1) is 0 Å². The van der Waals surface area contributed by atoms with Gasteiger partial charge >= 0.3 is 5.97 Å². The van der Waals surface area contributed by atoms with Gasteiger partial charge in [0.2, 0.25) is 0 Å². The molecule has 2 rings (SSSR count). The van der Waals surface area contributed by atoms with Crippen LogP contribution in [0.5, 0.6) is 5.75 Å². The van der Waals surface area contributed by atoms with Crippen molar-refractivity contribution in [3.63, 3.8) is 0 Å². The van der Waals surface area contributed by atoms with E-state index in [9.17, 15) is 9.59 Å². The molecule has 0 spiro atoms. The topological polar surface area (TPSA) is 70.1 Å². The fraction of sp³-hybridized carbons (Fsp3) is 0.467. The van der Waals surface area contributed by atoms with Crippen LogP contribution in [0.25, 0.3) is 0 Å². The molecule has 6 heteroatoms. The van der Waals surface area contributed by atoms with Gasteiger partial charge in [-0.1, -0.05) is 0 Å². The number of amides is 1. The van der Waals surface area contributed by atoms with Crippen LogP contribution in [0.15, 0.2) is 24.3 Å². The van der Waals surface area contributed by atoms with Crippen molar-refractivity contribution < 1.29 is 19.4 Å². The molecule has 1 aliphatic heterocycles. The zero-order valence-electron chi connectivity index (χ0n) is 12.1. The quantitative estimate of drug-likeness (QED) is 0.894. The number of ether oxygens (including phenoxy) is 1. The molecule has 1 amide bonds. The van der Waals surface area contributed by atoms with Crippen molar-refractivity contribution in [2.75, 3.05) is 39.8 Å². The Bertz CT molecular complexity index is 501. The summed E-state index contributed by atoms with van der Waals surface area (Å²) in [6, 6.07) is 7.03. The average molecular weight is 292 g/mol. The van der Waals surface area contributed by atoms with Gasteiger partial charge in [0.05, 0.1) is 13.7 Å². The lowest BCUT2D eigenvalue weighted by Crippen LogP contribution is -2.36. The first-order chi connectivity index (χ1) is 10.1. The van der Waals surface area contributed by atoms with Crippen molar-refractivity contribution in [1.29, 1.82) is 0 Å². The smallest absolute Gasteiger partial charge is 0.317 e. The van der Waals surface area contributed by atoms with Gasteiger partial charge in [0, 0.05) is 31.7 Å². The van der Waals surface area contributed by atoms with Crippen molar-refractivity contribution in [1.82, 2.24) is 9.80 Å². The number of hydrogen-bond acceptors (Lipinski definition) is 4. The van der Waals surface area contributed by atoms with E-state index in [0.717, 1.165) is 12.2 Å². The van der Waals surface area contributed by atoms with E-state index < -0.39 is 5.97 Å². The molecule has 0 radical (unpaired) electrons. The summed E-state index contributed by atoms with van der Waals surface area (Å²) in [5, 5.41) is 8.83. The number of hydrogen-bond donors (Lipinski definition) is 1. The third-order valence-electron chi connectivity index (χ3n) is 3.57. The molecule has 0 unspecified atom stereocenters. The zero-order valence-corrected chi connectivity index (χ0v) is 12.1. The molecule has 1 aliphatic rings. The normalized spacial score (nSPS) is 16.3. The number of rotatable bonds is 4. The van der Waals surface area contributed by atoms with Crippen LogP contribution >= 0.6 is 0 Å². The Morgan fingerprint density at radius 3 is 2.48 bits per heavy atom. The van der Waals surface area contributed by atoms with Crippen LogP contribution in [0.2, 0.25) is 0 Å². The second kappa shape index (κ2) is 7.08. The third kappa shape index (κ3) is 4.19. The number of nitrogens with zero attached hydrogens (tertiary/aromatic N) is 2. The molecule has 1 N–H and O–H groups in total. The molecule has 6 nitrogen and oxygen atoms in total. The number of methoxy groups -OCH3 is 1. The zero-order chi connectivity index (χ0) is 15.2. The minimum absolute atomic E-state index is 0.0187. The molecular weight excluding hydrogens is 272 g/mol. The van der Waals surface area contributed by atoms with E-state index in [-0.39, 0.29) is 12.5 Å². The molecule has 0 atom stereocenters. The van der Waals surface area contributed by atoms with Crippen molar-refractivity contribution in [3.8, 4) is 5.75 Å². The molecule has 1 aromatic rings. The van der Waals surface area contributed by atoms with Gasteiger partial charge < -0.3 is 14.7 Å². The monoisotopic (exact) mass is 292 g/mol. The van der Waals surface area contributed by atoms with E-state index in [1.807, 2.05) is 4.90 Å². The lowest BCUT2D eigenvalue weighted by atomic mass is 10.2. The first kappa shape index (κ1) is 15.3. The lowest BCUT2D eigenvalue weighted by molar-refractivity contribution is -0.138. The van der Waals surface area contributed by atoms with Crippen molar-refractivity contribution in [3.05, 3.63) is 29.8 Å². The predicted octanol–water partition coefficient (Wildman–Crippen LogP) is 0.928. The summed E-state index contributed by atoms with van der Waals surface area (Å²) in [4.78, 5) is 26.8. The number of carbonyl (C=O) groups is 2. The number of carboxylic acid groups (broad SMARTS) is 1. The average Bonchev–Trinajstić information content (AvgIpc) is 2.71. The Morgan fingerprint density at radius 1 is 1.14 bits per heavy atom. The molecule has 0 bridgehead atoms. The van der Waals surface area contributed by atoms with Crippen LogP contribution in [0, 0.1) is 0 Å². The molecule has 1 heterocycles. The molecule has 114 valence electrons. The number of carbonyl (C=O) groups excluding carboxylic acids is 1. The Hall–Kier alpha value is -2.08. The second-order valence-electron chi connectivity index (χ2n) is 5.04. The van der Waals surface area contributed by atoms with Gasteiger partial charge in [0.1, 0.15) is 5.75 Å². The maximum absolute atomic E-state index is 12.4. The van der Waals surface area contributed by atoms with E-state index in [0.29, 0.717) is 31.7 Å². The summed E-state index contributed by atoms with van der Waals surface area (Å²) in [5.41, 5.74) is 0.627. The highest BCUT2D eigenvalue weighted by atomic mass is 16.5. The summed E-state index contributed by atoms with van der Waals surface area (Å²) in [6.45, 7) is 2.54. The van der Waals surface area contributed by atoms with E-state index in [1.165, 1.54) is 0 Å². The van der Waals surface area contributed by atoms with E-state index in [4.69, 9.17) is 9.84 Å². The van der Waals surface area contributed by atoms with Crippen molar-refractivity contribution in [2.45, 2.75) is 6.42 Å². The third-order valence-corrected chi connectivity index (χ3v) is 3.57. The minimum atomic E-state index is -0.829. The Kier molecular flexibility index (Phi) is 5.16. The molecule has 0 aromatic heterocycles. The number of carboxylic acids is 1. The largest absolute Gasteiger partial charge is 0.497 e. The molecule has 1 saturated heterocycles. The van der Waals surface area contributed by atoms with Gasteiger partial charge in [-0.3, -0.25) is 14.5 Å². The van der Waals surface area contributed by atoms with E-state index >= 15 is 0 Å². The Labute approximate surface area is 123 Å². The molecule has 0 saturated carbocycles. The summed E-state index contributed by atoms with van der Waals surface area (Å²) in [6.07, 6.45) is 0.787. The molecule has 0 aliphatic carbocycles. The van der Waals surface area contributed by atoms with E-state index in [2.05, 4.69) is 0 Å². The van der Waals surface area contributed by atoms with Crippen molar-refractivity contribution >= 4 is 11.9 Å². The van der Waals surface area contributed by atoms with Crippen molar-refractivity contribution in [2.24, 2.45) is 0 Å². The van der Waals surface area contributed by atoms with Crippen LogP contribution in [0.1, 0.15) is 16.8 Å². The van der Waals surface area contributed by atoms with Gasteiger partial charge in [0.25, 0.3) is 5.91 Å². The fourth-order valence-corrected chi connectivity index (χ4v) is 2.44. The lowest BCUT2D eigenvalue weighted by Gasteiger charge is -2.21. The second-order valence-corrected chi connectivity index (χ2v) is 5.04. The summed E-state index contributed by atoms with van der Waals surface area (Å²) < 4.78 is 5.08.